The van der Waals surface area contributed by atoms with Crippen molar-refractivity contribution in [1.29, 1.82) is 0 Å². The number of fused-ring (bicyclic) bond motifs is 1. The monoisotopic (exact) mass is 515 g/mol. The number of aromatic nitrogens is 1. The highest BCUT2D eigenvalue weighted by Gasteiger charge is 2.24. The lowest BCUT2D eigenvalue weighted by Gasteiger charge is -2.25. The molecule has 0 saturated heterocycles. The molecule has 0 fully saturated rings. The van der Waals surface area contributed by atoms with Crippen molar-refractivity contribution in [2.45, 2.75) is 25.7 Å². The summed E-state index contributed by atoms with van der Waals surface area (Å²) in [7, 11) is -3.42. The van der Waals surface area contributed by atoms with Gasteiger partial charge in [0.15, 0.2) is 15.0 Å². The molecule has 10 heteroatoms. The number of aryl methyl sites for hydroxylation is 1. The molecule has 3 aromatic rings. The van der Waals surface area contributed by atoms with E-state index in [0.717, 1.165) is 35.1 Å². The Morgan fingerprint density at radius 2 is 1.81 bits per heavy atom. The molecule has 0 aliphatic rings. The molecule has 1 aromatic heterocycles. The molecule has 0 N–H and O–H groups in total. The topological polar surface area (TPSA) is 70.6 Å². The third-order valence-corrected chi connectivity index (χ3v) is 7.85. The number of anilines is 1. The molecule has 0 bridgehead atoms. The van der Waals surface area contributed by atoms with Gasteiger partial charge < -0.3 is 4.90 Å². The third kappa shape index (κ3) is 5.80. The normalized spacial score (nSPS) is 11.6. The van der Waals surface area contributed by atoms with Crippen molar-refractivity contribution < 1.29 is 13.2 Å². The van der Waals surface area contributed by atoms with Gasteiger partial charge in [-0.2, -0.15) is 0 Å². The first kappa shape index (κ1) is 26.5. The molecule has 0 unspecified atom stereocenters. The van der Waals surface area contributed by atoms with Gasteiger partial charge in [0.2, 0.25) is 0 Å². The quantitative estimate of drug-likeness (QED) is 0.418. The molecule has 0 atom stereocenters. The van der Waals surface area contributed by atoms with Gasteiger partial charge in [0.1, 0.15) is 0 Å². The minimum absolute atomic E-state index is 0. The standard InChI is InChI=1S/C22H26ClN3O3S2.ClH/c1-5-25(6-2)12-13-26(21(27)16-8-7-9-17(14-16)31(4,28)29)22-24-19-15(3)10-11-18(23)20(19)30-22;/h7-11,14H,5-6,12-13H2,1-4H3;1H. The SMILES string of the molecule is CCN(CC)CCN(C(=O)c1cccc(S(C)(=O)=O)c1)c1nc2c(C)ccc(Cl)c2s1.Cl. The number of nitrogens with zero attached hydrogens (tertiary/aromatic N) is 3. The maximum absolute atomic E-state index is 13.5. The van der Waals surface area contributed by atoms with E-state index in [-0.39, 0.29) is 23.2 Å². The van der Waals surface area contributed by atoms with Gasteiger partial charge in [-0.05, 0) is 49.8 Å². The maximum Gasteiger partial charge on any atom is 0.260 e. The Bertz CT molecular complexity index is 1170. The van der Waals surface area contributed by atoms with Gasteiger partial charge in [-0.3, -0.25) is 9.69 Å². The number of halogens is 2. The lowest BCUT2D eigenvalue weighted by molar-refractivity contribution is 0.0983. The second-order valence-electron chi connectivity index (χ2n) is 7.32. The van der Waals surface area contributed by atoms with Crippen molar-refractivity contribution in [3.8, 4) is 0 Å². The second kappa shape index (κ2) is 10.9. The fourth-order valence-electron chi connectivity index (χ4n) is 3.29. The zero-order valence-corrected chi connectivity index (χ0v) is 21.7. The lowest BCUT2D eigenvalue weighted by Crippen LogP contribution is -2.39. The van der Waals surface area contributed by atoms with Gasteiger partial charge in [0, 0.05) is 24.9 Å². The first-order chi connectivity index (χ1) is 14.7. The highest BCUT2D eigenvalue weighted by molar-refractivity contribution is 7.90. The van der Waals surface area contributed by atoms with Gasteiger partial charge in [0.25, 0.3) is 5.91 Å². The Hall–Kier alpha value is -1.71. The van der Waals surface area contributed by atoms with Crippen molar-refractivity contribution in [3.63, 3.8) is 0 Å². The third-order valence-electron chi connectivity index (χ3n) is 5.21. The second-order valence-corrected chi connectivity index (χ2v) is 10.7. The zero-order chi connectivity index (χ0) is 22.8. The van der Waals surface area contributed by atoms with E-state index in [9.17, 15) is 13.2 Å². The van der Waals surface area contributed by atoms with Crippen LogP contribution in [0, 0.1) is 6.92 Å². The van der Waals surface area contributed by atoms with Crippen molar-refractivity contribution in [3.05, 3.63) is 52.5 Å². The van der Waals surface area contributed by atoms with Crippen LogP contribution in [0.15, 0.2) is 41.3 Å². The summed E-state index contributed by atoms with van der Waals surface area (Å²) in [5.41, 5.74) is 2.07. The highest BCUT2D eigenvalue weighted by atomic mass is 35.5. The number of carbonyl (C=O) groups excluding carboxylic acids is 1. The van der Waals surface area contributed by atoms with Crippen LogP contribution in [-0.2, 0) is 9.84 Å². The zero-order valence-electron chi connectivity index (χ0n) is 18.5. The molecule has 0 saturated carbocycles. The van der Waals surface area contributed by atoms with E-state index < -0.39 is 9.84 Å². The molecule has 2 aromatic carbocycles. The molecule has 3 rings (SSSR count). The first-order valence-corrected chi connectivity index (χ1v) is 13.1. The molecule has 0 spiro atoms. The minimum Gasteiger partial charge on any atom is -0.302 e. The number of amides is 1. The molecular weight excluding hydrogens is 489 g/mol. The number of hydrogen-bond acceptors (Lipinski definition) is 6. The molecule has 0 aliphatic heterocycles. The Balaban J connectivity index is 0.00000363. The molecule has 0 aliphatic carbocycles. The van der Waals surface area contributed by atoms with E-state index >= 15 is 0 Å². The Morgan fingerprint density at radius 1 is 1.12 bits per heavy atom. The summed E-state index contributed by atoms with van der Waals surface area (Å²) in [4.78, 5) is 22.2. The number of likely N-dealkylation sites (N-methyl/N-ethyl adjacent to an activating group) is 1. The van der Waals surface area contributed by atoms with Crippen LogP contribution in [-0.4, -0.2) is 56.6 Å². The van der Waals surface area contributed by atoms with E-state index in [1.54, 1.807) is 17.0 Å². The minimum atomic E-state index is -3.42. The Labute approximate surface area is 204 Å². The molecule has 174 valence electrons. The Kier molecular flexibility index (Phi) is 9.07. The fraction of sp³-hybridized carbons (Fsp3) is 0.364. The highest BCUT2D eigenvalue weighted by Crippen LogP contribution is 2.36. The van der Waals surface area contributed by atoms with Crippen molar-refractivity contribution in [2.24, 2.45) is 0 Å². The van der Waals surface area contributed by atoms with Gasteiger partial charge in [-0.25, -0.2) is 13.4 Å². The molecular formula is C22H27Cl2N3O3S2. The summed E-state index contributed by atoms with van der Waals surface area (Å²) >= 11 is 7.75. The summed E-state index contributed by atoms with van der Waals surface area (Å²) in [5.74, 6) is -0.287. The molecule has 1 amide bonds. The molecule has 1 heterocycles. The van der Waals surface area contributed by atoms with Crippen LogP contribution in [0.5, 0.6) is 0 Å². The largest absolute Gasteiger partial charge is 0.302 e. The van der Waals surface area contributed by atoms with Gasteiger partial charge in [-0.15, -0.1) is 12.4 Å². The average Bonchev–Trinajstić information content (AvgIpc) is 3.19. The number of sulfone groups is 1. The van der Waals surface area contributed by atoms with Crippen LogP contribution in [0.2, 0.25) is 5.02 Å². The van der Waals surface area contributed by atoms with Crippen LogP contribution in [0.3, 0.4) is 0 Å². The summed E-state index contributed by atoms with van der Waals surface area (Å²) < 4.78 is 24.8. The number of thiazole rings is 1. The smallest absolute Gasteiger partial charge is 0.260 e. The van der Waals surface area contributed by atoms with Gasteiger partial charge in [-0.1, -0.05) is 48.9 Å². The number of hydrogen-bond donors (Lipinski definition) is 0. The number of carbonyl (C=O) groups is 1. The Morgan fingerprint density at radius 3 is 2.41 bits per heavy atom. The van der Waals surface area contributed by atoms with Crippen molar-refractivity contribution in [1.82, 2.24) is 9.88 Å². The van der Waals surface area contributed by atoms with E-state index in [4.69, 9.17) is 16.6 Å². The van der Waals surface area contributed by atoms with Crippen LogP contribution >= 0.6 is 35.3 Å². The van der Waals surface area contributed by atoms with E-state index in [2.05, 4.69) is 18.7 Å². The van der Waals surface area contributed by atoms with Crippen molar-refractivity contribution in [2.75, 3.05) is 37.3 Å². The first-order valence-electron chi connectivity index (χ1n) is 10.1. The van der Waals surface area contributed by atoms with Crippen LogP contribution in [0.1, 0.15) is 29.8 Å². The summed E-state index contributed by atoms with van der Waals surface area (Å²) in [6, 6.07) is 9.88. The maximum atomic E-state index is 13.5. The summed E-state index contributed by atoms with van der Waals surface area (Å²) in [5, 5.41) is 1.15. The van der Waals surface area contributed by atoms with Gasteiger partial charge in [0.05, 0.1) is 20.1 Å². The molecule has 32 heavy (non-hydrogen) atoms. The van der Waals surface area contributed by atoms with Crippen LogP contribution < -0.4 is 4.90 Å². The summed E-state index contributed by atoms with van der Waals surface area (Å²) in [6.07, 6.45) is 1.13. The molecule has 6 nitrogen and oxygen atoms in total. The lowest BCUT2D eigenvalue weighted by atomic mass is 10.2. The predicted molar refractivity (Wildman–Crippen MR) is 136 cm³/mol. The fourth-order valence-corrected chi connectivity index (χ4v) is 5.29. The van der Waals surface area contributed by atoms with Crippen molar-refractivity contribution >= 4 is 66.4 Å². The van der Waals surface area contributed by atoms with E-state index in [0.29, 0.717) is 28.8 Å². The van der Waals surface area contributed by atoms with E-state index in [1.165, 1.54) is 23.5 Å². The number of rotatable bonds is 8. The predicted octanol–water partition coefficient (Wildman–Crippen LogP) is 5.07. The summed E-state index contributed by atoms with van der Waals surface area (Å²) in [6.45, 7) is 8.95. The van der Waals surface area contributed by atoms with Gasteiger partial charge >= 0.3 is 0 Å². The van der Waals surface area contributed by atoms with Crippen LogP contribution in [0.4, 0.5) is 5.13 Å². The molecule has 0 radical (unpaired) electrons. The average molecular weight is 517 g/mol. The van der Waals surface area contributed by atoms with E-state index in [1.807, 2.05) is 19.1 Å². The van der Waals surface area contributed by atoms with Crippen LogP contribution in [0.25, 0.3) is 10.2 Å². The number of benzene rings is 2.